The molecule has 122 valence electrons. The minimum atomic E-state index is 0.226. The summed E-state index contributed by atoms with van der Waals surface area (Å²) >= 11 is 0. The minimum absolute atomic E-state index is 0.226. The molecule has 0 atom stereocenters. The van der Waals surface area contributed by atoms with Gasteiger partial charge in [-0.2, -0.15) is 0 Å². The monoisotopic (exact) mass is 311 g/mol. The average Bonchev–Trinajstić information content (AvgIpc) is 2.58. The van der Waals surface area contributed by atoms with Gasteiger partial charge in [-0.1, -0.05) is 25.1 Å². The molecule has 2 aromatic rings. The van der Waals surface area contributed by atoms with Gasteiger partial charge in [-0.25, -0.2) is 0 Å². The molecule has 1 aromatic heterocycles. The number of nitrogens with zero attached hydrogens (tertiary/aromatic N) is 3. The Hall–Kier alpha value is -1.94. The average molecular weight is 311 g/mol. The molecule has 1 saturated heterocycles. The lowest BCUT2D eigenvalue weighted by Crippen LogP contribution is -2.49. The number of amides is 1. The molecule has 0 aliphatic carbocycles. The molecule has 0 unspecified atom stereocenters. The molecule has 4 nitrogen and oxygen atoms in total. The molecule has 1 aliphatic rings. The number of hydrogen-bond acceptors (Lipinski definition) is 3. The van der Waals surface area contributed by atoms with Crippen LogP contribution < -0.4 is 0 Å². The Morgan fingerprint density at radius 2 is 1.83 bits per heavy atom. The second-order valence-corrected chi connectivity index (χ2v) is 6.31. The number of hydrogen-bond donors (Lipinski definition) is 0. The van der Waals surface area contributed by atoms with Crippen LogP contribution in [-0.4, -0.2) is 53.4 Å². The zero-order chi connectivity index (χ0) is 16.4. The van der Waals surface area contributed by atoms with Crippen molar-refractivity contribution in [1.82, 2.24) is 14.8 Å². The molecule has 0 N–H and O–H groups in total. The quantitative estimate of drug-likeness (QED) is 0.874. The zero-order valence-corrected chi connectivity index (χ0v) is 14.3. The Balaban J connectivity index is 1.80. The van der Waals surface area contributed by atoms with Crippen LogP contribution in [0.3, 0.4) is 0 Å². The number of likely N-dealkylation sites (N-methyl/N-ethyl adjacent to an activating group) is 1. The van der Waals surface area contributed by atoms with E-state index in [2.05, 4.69) is 29.8 Å². The van der Waals surface area contributed by atoms with Gasteiger partial charge in [0.2, 0.25) is 5.91 Å². The summed E-state index contributed by atoms with van der Waals surface area (Å²) in [5, 5.41) is 1.15. The maximum Gasteiger partial charge on any atom is 0.227 e. The van der Waals surface area contributed by atoms with Gasteiger partial charge < -0.3 is 9.80 Å². The molecule has 0 spiro atoms. The van der Waals surface area contributed by atoms with Crippen LogP contribution in [0.1, 0.15) is 23.7 Å². The third-order valence-corrected chi connectivity index (χ3v) is 4.99. The third-order valence-electron chi connectivity index (χ3n) is 4.99. The molecule has 23 heavy (non-hydrogen) atoms. The summed E-state index contributed by atoms with van der Waals surface area (Å²) in [6, 6.07) is 8.16. The highest BCUT2D eigenvalue weighted by molar-refractivity contribution is 5.86. The lowest BCUT2D eigenvalue weighted by molar-refractivity contribution is -0.132. The van der Waals surface area contributed by atoms with Crippen LogP contribution in [0.25, 0.3) is 10.9 Å². The molecule has 3 rings (SSSR count). The number of para-hydroxylation sites is 1. The first-order chi connectivity index (χ1) is 11.1. The van der Waals surface area contributed by atoms with Crippen molar-refractivity contribution >= 4 is 16.8 Å². The van der Waals surface area contributed by atoms with Crippen molar-refractivity contribution < 1.29 is 4.79 Å². The number of carbonyl (C=O) groups excluding carboxylic acids is 1. The fourth-order valence-corrected chi connectivity index (χ4v) is 3.41. The van der Waals surface area contributed by atoms with E-state index in [4.69, 9.17) is 0 Å². The predicted molar refractivity (Wildman–Crippen MR) is 93.6 cm³/mol. The minimum Gasteiger partial charge on any atom is -0.340 e. The Morgan fingerprint density at radius 3 is 2.52 bits per heavy atom. The van der Waals surface area contributed by atoms with E-state index in [1.807, 2.05) is 30.0 Å². The van der Waals surface area contributed by atoms with Crippen LogP contribution in [0.5, 0.6) is 0 Å². The number of aromatic nitrogens is 1. The molecule has 0 saturated carbocycles. The number of pyridine rings is 1. The van der Waals surface area contributed by atoms with E-state index in [0.29, 0.717) is 6.42 Å². The number of rotatable bonds is 3. The van der Waals surface area contributed by atoms with E-state index < -0.39 is 0 Å². The van der Waals surface area contributed by atoms with Crippen molar-refractivity contribution in [2.45, 2.75) is 27.2 Å². The first kappa shape index (κ1) is 15.9. The summed E-state index contributed by atoms with van der Waals surface area (Å²) in [5.74, 6) is 0.226. The molecule has 1 fully saturated rings. The van der Waals surface area contributed by atoms with Crippen molar-refractivity contribution in [2.75, 3.05) is 32.7 Å². The summed E-state index contributed by atoms with van der Waals surface area (Å²) in [6.45, 7) is 11.0. The van der Waals surface area contributed by atoms with Crippen molar-refractivity contribution in [2.24, 2.45) is 0 Å². The van der Waals surface area contributed by atoms with Crippen LogP contribution >= 0.6 is 0 Å². The maximum absolute atomic E-state index is 12.7. The van der Waals surface area contributed by atoms with E-state index >= 15 is 0 Å². The smallest absolute Gasteiger partial charge is 0.227 e. The van der Waals surface area contributed by atoms with Crippen molar-refractivity contribution in [3.63, 3.8) is 0 Å². The summed E-state index contributed by atoms with van der Waals surface area (Å²) in [6.07, 6.45) is 0.460. The van der Waals surface area contributed by atoms with Gasteiger partial charge in [-0.15, -0.1) is 0 Å². The highest BCUT2D eigenvalue weighted by atomic mass is 16.2. The van der Waals surface area contributed by atoms with E-state index in [1.54, 1.807) is 0 Å². The largest absolute Gasteiger partial charge is 0.340 e. The van der Waals surface area contributed by atoms with Gasteiger partial charge >= 0.3 is 0 Å². The zero-order valence-electron chi connectivity index (χ0n) is 14.3. The first-order valence-corrected chi connectivity index (χ1v) is 8.45. The van der Waals surface area contributed by atoms with Crippen LogP contribution in [0.15, 0.2) is 24.3 Å². The van der Waals surface area contributed by atoms with Gasteiger partial charge in [-0.05, 0) is 37.6 Å². The molecule has 1 aromatic carbocycles. The molecular formula is C19H25N3O. The maximum atomic E-state index is 12.7. The van der Waals surface area contributed by atoms with Crippen LogP contribution in [0, 0.1) is 13.8 Å². The molecule has 0 radical (unpaired) electrons. The molecule has 4 heteroatoms. The van der Waals surface area contributed by atoms with Crippen molar-refractivity contribution in [3.05, 3.63) is 41.1 Å². The molecule has 2 heterocycles. The summed E-state index contributed by atoms with van der Waals surface area (Å²) in [4.78, 5) is 21.8. The summed E-state index contributed by atoms with van der Waals surface area (Å²) in [5.41, 5.74) is 4.26. The molecule has 1 amide bonds. The lowest BCUT2D eigenvalue weighted by Gasteiger charge is -2.34. The van der Waals surface area contributed by atoms with Crippen LogP contribution in [0.2, 0.25) is 0 Å². The van der Waals surface area contributed by atoms with E-state index in [9.17, 15) is 4.79 Å². The standard InChI is InChI=1S/C19H25N3O/c1-4-21-9-11-22(12-10-21)19(23)13-17-14(2)16-7-5-6-8-18(16)20-15(17)3/h5-8H,4,9-13H2,1-3H3. The number of piperazine rings is 1. The number of carbonyl (C=O) groups is 1. The van der Waals surface area contributed by atoms with Gasteiger partial charge in [0.25, 0.3) is 0 Å². The lowest BCUT2D eigenvalue weighted by atomic mass is 9.99. The van der Waals surface area contributed by atoms with Crippen molar-refractivity contribution in [3.8, 4) is 0 Å². The predicted octanol–water partition coefficient (Wildman–Crippen LogP) is 2.56. The summed E-state index contributed by atoms with van der Waals surface area (Å²) in [7, 11) is 0. The second-order valence-electron chi connectivity index (χ2n) is 6.31. The Bertz CT molecular complexity index is 718. The van der Waals surface area contributed by atoms with Gasteiger partial charge in [-0.3, -0.25) is 9.78 Å². The first-order valence-electron chi connectivity index (χ1n) is 8.45. The third kappa shape index (κ3) is 3.22. The van der Waals surface area contributed by atoms with Crippen molar-refractivity contribution in [1.29, 1.82) is 0 Å². The Kier molecular flexibility index (Phi) is 4.62. The fourth-order valence-electron chi connectivity index (χ4n) is 3.41. The van der Waals surface area contributed by atoms with E-state index in [0.717, 1.165) is 54.9 Å². The van der Waals surface area contributed by atoms with E-state index in [1.165, 1.54) is 5.56 Å². The van der Waals surface area contributed by atoms with Crippen LogP contribution in [0.4, 0.5) is 0 Å². The fraction of sp³-hybridized carbons (Fsp3) is 0.474. The van der Waals surface area contributed by atoms with Gasteiger partial charge in [0.15, 0.2) is 0 Å². The Morgan fingerprint density at radius 1 is 1.13 bits per heavy atom. The number of aryl methyl sites for hydroxylation is 2. The second kappa shape index (κ2) is 6.67. The van der Waals surface area contributed by atoms with Gasteiger partial charge in [0.1, 0.15) is 0 Å². The van der Waals surface area contributed by atoms with Gasteiger partial charge in [0.05, 0.1) is 11.9 Å². The highest BCUT2D eigenvalue weighted by Crippen LogP contribution is 2.23. The topological polar surface area (TPSA) is 36.4 Å². The van der Waals surface area contributed by atoms with Crippen LogP contribution in [-0.2, 0) is 11.2 Å². The van der Waals surface area contributed by atoms with E-state index in [-0.39, 0.29) is 5.91 Å². The number of fused-ring (bicyclic) bond motifs is 1. The normalized spacial score (nSPS) is 16.0. The SMILES string of the molecule is CCN1CCN(C(=O)Cc2c(C)nc3ccccc3c2C)CC1. The molecule has 0 bridgehead atoms. The molecule has 1 aliphatic heterocycles. The summed E-state index contributed by atoms with van der Waals surface area (Å²) < 4.78 is 0. The van der Waals surface area contributed by atoms with Gasteiger partial charge in [0, 0.05) is 37.3 Å². The highest BCUT2D eigenvalue weighted by Gasteiger charge is 2.22. The Labute approximate surface area is 138 Å². The molecular weight excluding hydrogens is 286 g/mol. The number of benzene rings is 1.